The summed E-state index contributed by atoms with van der Waals surface area (Å²) in [4.78, 5) is 23.2. The van der Waals surface area contributed by atoms with Gasteiger partial charge in [0, 0.05) is 36.4 Å². The molecule has 0 aliphatic carbocycles. The van der Waals surface area contributed by atoms with Crippen LogP contribution in [0.1, 0.15) is 25.5 Å². The Bertz CT molecular complexity index is 650. The highest BCUT2D eigenvalue weighted by Crippen LogP contribution is 2.23. The summed E-state index contributed by atoms with van der Waals surface area (Å²) < 4.78 is 0. The van der Waals surface area contributed by atoms with Crippen molar-refractivity contribution < 1.29 is 4.79 Å². The summed E-state index contributed by atoms with van der Waals surface area (Å²) in [6, 6.07) is 3.89. The molecule has 3 rings (SSSR count). The summed E-state index contributed by atoms with van der Waals surface area (Å²) in [5.41, 5.74) is 1.86. The molecular weight excluding hydrogens is 320 g/mol. The normalized spacial score (nSPS) is 15.6. The van der Waals surface area contributed by atoms with Gasteiger partial charge >= 0.3 is 0 Å². The fourth-order valence-electron chi connectivity index (χ4n) is 3.01. The molecule has 1 saturated heterocycles. The first-order valence-corrected chi connectivity index (χ1v) is 9.47. The van der Waals surface area contributed by atoms with E-state index >= 15 is 0 Å². The van der Waals surface area contributed by atoms with E-state index in [1.54, 1.807) is 23.7 Å². The van der Waals surface area contributed by atoms with Crippen LogP contribution in [0.25, 0.3) is 10.6 Å². The number of pyridine rings is 1. The lowest BCUT2D eigenvalue weighted by atomic mass is 9.96. The third kappa shape index (κ3) is 4.39. The van der Waals surface area contributed by atoms with Gasteiger partial charge in [-0.2, -0.15) is 0 Å². The highest BCUT2D eigenvalue weighted by atomic mass is 32.1. The Morgan fingerprint density at radius 2 is 2.25 bits per heavy atom. The van der Waals surface area contributed by atoms with Crippen LogP contribution in [-0.2, 0) is 11.2 Å². The SMILES string of the molecule is CCNCC1CCN(C(=O)Cc2csc(-c3cccnc3)n2)CC1. The third-order valence-electron chi connectivity index (χ3n) is 4.44. The molecule has 1 aliphatic rings. The van der Waals surface area contributed by atoms with Gasteiger partial charge in [-0.3, -0.25) is 9.78 Å². The molecule has 1 fully saturated rings. The van der Waals surface area contributed by atoms with Crippen LogP contribution in [-0.4, -0.2) is 47.0 Å². The Morgan fingerprint density at radius 3 is 2.96 bits per heavy atom. The van der Waals surface area contributed by atoms with Crippen molar-refractivity contribution >= 4 is 17.2 Å². The van der Waals surface area contributed by atoms with Crippen LogP contribution < -0.4 is 5.32 Å². The van der Waals surface area contributed by atoms with Gasteiger partial charge in [0.15, 0.2) is 0 Å². The van der Waals surface area contributed by atoms with Gasteiger partial charge in [-0.25, -0.2) is 4.98 Å². The zero-order chi connectivity index (χ0) is 16.8. The van der Waals surface area contributed by atoms with Crippen LogP contribution in [0.3, 0.4) is 0 Å². The molecule has 0 spiro atoms. The van der Waals surface area contributed by atoms with Gasteiger partial charge in [0.05, 0.1) is 12.1 Å². The lowest BCUT2D eigenvalue weighted by molar-refractivity contribution is -0.131. The van der Waals surface area contributed by atoms with E-state index in [9.17, 15) is 4.79 Å². The zero-order valence-corrected chi connectivity index (χ0v) is 14.9. The van der Waals surface area contributed by atoms with Gasteiger partial charge in [-0.15, -0.1) is 11.3 Å². The third-order valence-corrected chi connectivity index (χ3v) is 5.38. The number of carbonyl (C=O) groups is 1. The van der Waals surface area contributed by atoms with Gasteiger partial charge in [-0.05, 0) is 44.0 Å². The Labute approximate surface area is 147 Å². The summed E-state index contributed by atoms with van der Waals surface area (Å²) >= 11 is 1.57. The Hall–Kier alpha value is -1.79. The number of aromatic nitrogens is 2. The van der Waals surface area contributed by atoms with Crippen LogP contribution in [0.5, 0.6) is 0 Å². The number of likely N-dealkylation sites (tertiary alicyclic amines) is 1. The van der Waals surface area contributed by atoms with Crippen molar-refractivity contribution in [2.75, 3.05) is 26.2 Å². The van der Waals surface area contributed by atoms with Crippen LogP contribution in [0, 0.1) is 5.92 Å². The van der Waals surface area contributed by atoms with Crippen molar-refractivity contribution in [3.05, 3.63) is 35.6 Å². The molecule has 0 atom stereocenters. The minimum atomic E-state index is 0.194. The highest BCUT2D eigenvalue weighted by Gasteiger charge is 2.23. The molecule has 0 bridgehead atoms. The Kier molecular flexibility index (Phi) is 5.93. The second kappa shape index (κ2) is 8.35. The van der Waals surface area contributed by atoms with Gasteiger partial charge < -0.3 is 10.2 Å². The summed E-state index contributed by atoms with van der Waals surface area (Å²) in [5, 5.41) is 6.31. The molecule has 24 heavy (non-hydrogen) atoms. The fraction of sp³-hybridized carbons (Fsp3) is 0.500. The summed E-state index contributed by atoms with van der Waals surface area (Å²) in [6.45, 7) is 5.95. The van der Waals surface area contributed by atoms with Crippen LogP contribution in [0.2, 0.25) is 0 Å². The molecule has 0 saturated carbocycles. The molecule has 1 N–H and O–H groups in total. The predicted molar refractivity (Wildman–Crippen MR) is 96.9 cm³/mol. The monoisotopic (exact) mass is 344 g/mol. The lowest BCUT2D eigenvalue weighted by Crippen LogP contribution is -2.41. The number of nitrogens with zero attached hydrogens (tertiary/aromatic N) is 3. The van der Waals surface area contributed by atoms with Crippen LogP contribution in [0.4, 0.5) is 0 Å². The molecule has 0 unspecified atom stereocenters. The lowest BCUT2D eigenvalue weighted by Gasteiger charge is -2.32. The molecule has 2 aromatic rings. The molecular formula is C18H24N4OS. The second-order valence-electron chi connectivity index (χ2n) is 6.19. The first kappa shape index (κ1) is 17.0. The van der Waals surface area contributed by atoms with E-state index in [-0.39, 0.29) is 5.91 Å². The van der Waals surface area contributed by atoms with Gasteiger partial charge in [0.1, 0.15) is 5.01 Å². The van der Waals surface area contributed by atoms with Crippen molar-refractivity contribution in [2.24, 2.45) is 5.92 Å². The second-order valence-corrected chi connectivity index (χ2v) is 7.05. The van der Waals surface area contributed by atoms with E-state index in [2.05, 4.69) is 22.2 Å². The summed E-state index contributed by atoms with van der Waals surface area (Å²) in [7, 11) is 0. The number of piperidine rings is 1. The first-order valence-electron chi connectivity index (χ1n) is 8.59. The number of amides is 1. The van der Waals surface area contributed by atoms with Gasteiger partial charge in [-0.1, -0.05) is 6.92 Å². The van der Waals surface area contributed by atoms with Crippen molar-refractivity contribution in [2.45, 2.75) is 26.2 Å². The number of rotatable bonds is 6. The maximum absolute atomic E-state index is 12.5. The quantitative estimate of drug-likeness (QED) is 0.875. The Balaban J connectivity index is 1.52. The maximum Gasteiger partial charge on any atom is 0.228 e. The minimum Gasteiger partial charge on any atom is -0.342 e. The molecule has 1 amide bonds. The maximum atomic E-state index is 12.5. The first-order chi connectivity index (χ1) is 11.8. The average Bonchev–Trinajstić information content (AvgIpc) is 3.09. The largest absolute Gasteiger partial charge is 0.342 e. The molecule has 6 heteroatoms. The molecule has 2 aromatic heterocycles. The fourth-order valence-corrected chi connectivity index (χ4v) is 3.82. The minimum absolute atomic E-state index is 0.194. The van der Waals surface area contributed by atoms with Gasteiger partial charge in [0.25, 0.3) is 0 Å². The molecule has 3 heterocycles. The van der Waals surface area contributed by atoms with Gasteiger partial charge in [0.2, 0.25) is 5.91 Å². The number of hydrogen-bond donors (Lipinski definition) is 1. The van der Waals surface area contributed by atoms with E-state index in [4.69, 9.17) is 0 Å². The van der Waals surface area contributed by atoms with Crippen molar-refractivity contribution in [1.82, 2.24) is 20.2 Å². The van der Waals surface area contributed by atoms with Crippen molar-refractivity contribution in [1.29, 1.82) is 0 Å². The van der Waals surface area contributed by atoms with E-state index in [0.29, 0.717) is 12.3 Å². The Morgan fingerprint density at radius 1 is 1.42 bits per heavy atom. The number of nitrogens with one attached hydrogen (secondary N) is 1. The topological polar surface area (TPSA) is 58.1 Å². The number of hydrogen-bond acceptors (Lipinski definition) is 5. The molecule has 1 aliphatic heterocycles. The average molecular weight is 344 g/mol. The number of thiazole rings is 1. The molecule has 0 radical (unpaired) electrons. The van der Waals surface area contributed by atoms with Crippen LogP contribution in [0.15, 0.2) is 29.9 Å². The zero-order valence-electron chi connectivity index (χ0n) is 14.1. The molecule has 5 nitrogen and oxygen atoms in total. The van der Waals surface area contributed by atoms with Crippen molar-refractivity contribution in [3.8, 4) is 10.6 Å². The van der Waals surface area contributed by atoms with Crippen molar-refractivity contribution in [3.63, 3.8) is 0 Å². The summed E-state index contributed by atoms with van der Waals surface area (Å²) in [5.74, 6) is 0.894. The van der Waals surface area contributed by atoms with E-state index in [1.165, 1.54) is 0 Å². The van der Waals surface area contributed by atoms with Crippen LogP contribution >= 0.6 is 11.3 Å². The molecule has 0 aromatic carbocycles. The number of carbonyl (C=O) groups excluding carboxylic acids is 1. The standard InChI is InChI=1S/C18H24N4OS/c1-2-19-11-14-5-8-22(9-6-14)17(23)10-16-13-24-18(21-16)15-4-3-7-20-12-15/h3-4,7,12-14,19H,2,5-6,8-11H2,1H3. The molecule has 128 valence electrons. The highest BCUT2D eigenvalue weighted by molar-refractivity contribution is 7.13. The predicted octanol–water partition coefficient (Wildman–Crippen LogP) is 2.60. The van der Waals surface area contributed by atoms with E-state index in [0.717, 1.165) is 55.3 Å². The summed E-state index contributed by atoms with van der Waals surface area (Å²) in [6.07, 6.45) is 6.14. The smallest absolute Gasteiger partial charge is 0.228 e. The van der Waals surface area contributed by atoms with E-state index < -0.39 is 0 Å². The van der Waals surface area contributed by atoms with E-state index in [1.807, 2.05) is 22.4 Å².